The molecule has 1 heterocycles. The van der Waals surface area contributed by atoms with Gasteiger partial charge in [-0.1, -0.05) is 24.3 Å². The number of carboxylic acids is 1. The highest BCUT2D eigenvalue weighted by Gasteiger charge is 2.40. The van der Waals surface area contributed by atoms with E-state index >= 15 is 0 Å². The molecule has 1 aliphatic heterocycles. The van der Waals surface area contributed by atoms with Gasteiger partial charge in [-0.05, 0) is 37.5 Å². The third-order valence-electron chi connectivity index (χ3n) is 4.99. The third-order valence-corrected chi connectivity index (χ3v) is 6.42. The van der Waals surface area contributed by atoms with E-state index in [1.165, 1.54) is 18.2 Å². The molecule has 9 heteroatoms. The minimum absolute atomic E-state index is 0.0261. The van der Waals surface area contributed by atoms with Crippen LogP contribution < -0.4 is 14.2 Å². The zero-order valence-corrected chi connectivity index (χ0v) is 15.5. The van der Waals surface area contributed by atoms with Crippen LogP contribution >= 0.6 is 0 Å². The first kappa shape index (κ1) is 18.7. The van der Waals surface area contributed by atoms with E-state index in [0.29, 0.717) is 5.75 Å². The number of para-hydroxylation sites is 1. The largest absolute Gasteiger partial charge is 0.486 e. The van der Waals surface area contributed by atoms with Gasteiger partial charge in [-0.3, -0.25) is 0 Å². The molecule has 28 heavy (non-hydrogen) atoms. The Bertz CT molecular complexity index is 1020. The van der Waals surface area contributed by atoms with E-state index in [2.05, 4.69) is 0 Å². The SMILES string of the molecule is O=C(O)C(NS(=O)(=O)c1ccccc1F)Oc1cccc2c1OC1CCCC21. The summed E-state index contributed by atoms with van der Waals surface area (Å²) >= 11 is 0. The molecule has 0 amide bonds. The summed E-state index contributed by atoms with van der Waals surface area (Å²) in [5.41, 5.74) is 0.932. The lowest BCUT2D eigenvalue weighted by molar-refractivity contribution is -0.145. The summed E-state index contributed by atoms with van der Waals surface area (Å²) in [6.07, 6.45) is 1.02. The van der Waals surface area contributed by atoms with E-state index < -0.39 is 32.9 Å². The predicted octanol–water partition coefficient (Wildman–Crippen LogP) is 2.62. The molecule has 3 atom stereocenters. The monoisotopic (exact) mass is 407 g/mol. The van der Waals surface area contributed by atoms with Crippen molar-refractivity contribution in [3.8, 4) is 11.5 Å². The smallest absolute Gasteiger partial charge is 0.361 e. The number of ether oxygens (including phenoxy) is 2. The van der Waals surface area contributed by atoms with Crippen LogP contribution in [0.5, 0.6) is 11.5 Å². The first-order valence-electron chi connectivity index (χ1n) is 8.83. The number of rotatable bonds is 6. The van der Waals surface area contributed by atoms with Crippen LogP contribution in [0.4, 0.5) is 4.39 Å². The van der Waals surface area contributed by atoms with Crippen LogP contribution in [-0.4, -0.2) is 31.8 Å². The Hall–Kier alpha value is -2.65. The van der Waals surface area contributed by atoms with Crippen molar-refractivity contribution in [2.75, 3.05) is 0 Å². The molecular formula is C19H18FNO6S. The van der Waals surface area contributed by atoms with Gasteiger partial charge in [0.15, 0.2) is 11.5 Å². The molecule has 0 aromatic heterocycles. The standard InChI is InChI=1S/C19H18FNO6S/c20-13-7-1-2-10-16(13)28(24,25)21-18(19(22)23)27-15-9-4-6-12-11-5-3-8-14(11)26-17(12)15/h1-2,4,6-7,9-11,14,18,21H,3,5,8H2,(H,22,23). The quantitative estimate of drug-likeness (QED) is 0.714. The Morgan fingerprint density at radius 2 is 2.00 bits per heavy atom. The molecule has 2 aromatic rings. The van der Waals surface area contributed by atoms with Gasteiger partial charge < -0.3 is 14.6 Å². The molecule has 4 rings (SSSR count). The number of hydrogen-bond donors (Lipinski definition) is 2. The van der Waals surface area contributed by atoms with Crippen LogP contribution in [0.3, 0.4) is 0 Å². The third kappa shape index (κ3) is 3.31. The fraction of sp³-hybridized carbons (Fsp3) is 0.316. The van der Waals surface area contributed by atoms with Gasteiger partial charge in [0.2, 0.25) is 10.0 Å². The zero-order chi connectivity index (χ0) is 19.9. The van der Waals surface area contributed by atoms with Crippen molar-refractivity contribution < 1.29 is 32.2 Å². The number of halogens is 1. The molecule has 1 aliphatic carbocycles. The Morgan fingerprint density at radius 3 is 2.75 bits per heavy atom. The lowest BCUT2D eigenvalue weighted by atomic mass is 9.97. The Labute approximate surface area is 161 Å². The Balaban J connectivity index is 1.60. The van der Waals surface area contributed by atoms with Crippen LogP contribution in [0.1, 0.15) is 30.7 Å². The van der Waals surface area contributed by atoms with Crippen molar-refractivity contribution in [1.29, 1.82) is 0 Å². The molecule has 1 fully saturated rings. The van der Waals surface area contributed by atoms with Crippen LogP contribution in [0.25, 0.3) is 0 Å². The zero-order valence-electron chi connectivity index (χ0n) is 14.7. The van der Waals surface area contributed by atoms with Crippen LogP contribution in [0.2, 0.25) is 0 Å². The molecular weight excluding hydrogens is 389 g/mol. The summed E-state index contributed by atoms with van der Waals surface area (Å²) in [4.78, 5) is 10.9. The van der Waals surface area contributed by atoms with Gasteiger partial charge in [-0.2, -0.15) is 4.72 Å². The van der Waals surface area contributed by atoms with Crippen molar-refractivity contribution in [2.24, 2.45) is 0 Å². The normalized spacial score (nSPS) is 21.5. The average molecular weight is 407 g/mol. The Kier molecular flexibility index (Phi) is 4.72. The van der Waals surface area contributed by atoms with Gasteiger partial charge in [0.05, 0.1) is 0 Å². The van der Waals surface area contributed by atoms with E-state index in [9.17, 15) is 22.7 Å². The van der Waals surface area contributed by atoms with Crippen molar-refractivity contribution in [2.45, 2.75) is 42.4 Å². The molecule has 0 radical (unpaired) electrons. The maximum absolute atomic E-state index is 13.8. The molecule has 0 spiro atoms. The van der Waals surface area contributed by atoms with Crippen molar-refractivity contribution in [3.63, 3.8) is 0 Å². The summed E-state index contributed by atoms with van der Waals surface area (Å²) in [6, 6.07) is 9.82. The van der Waals surface area contributed by atoms with Gasteiger partial charge >= 0.3 is 5.97 Å². The molecule has 148 valence electrons. The molecule has 0 saturated heterocycles. The van der Waals surface area contributed by atoms with E-state index in [1.807, 2.05) is 10.8 Å². The highest BCUT2D eigenvalue weighted by molar-refractivity contribution is 7.89. The number of aliphatic carboxylic acids is 1. The highest BCUT2D eigenvalue weighted by Crippen LogP contribution is 2.50. The van der Waals surface area contributed by atoms with Crippen molar-refractivity contribution in [1.82, 2.24) is 4.72 Å². The molecule has 1 saturated carbocycles. The first-order chi connectivity index (χ1) is 13.4. The van der Waals surface area contributed by atoms with Gasteiger partial charge in [0, 0.05) is 11.5 Å². The lowest BCUT2D eigenvalue weighted by Crippen LogP contribution is -2.45. The molecule has 7 nitrogen and oxygen atoms in total. The molecule has 3 unspecified atom stereocenters. The van der Waals surface area contributed by atoms with E-state index in [0.717, 1.165) is 37.0 Å². The molecule has 0 bridgehead atoms. The second-order valence-electron chi connectivity index (χ2n) is 6.76. The summed E-state index contributed by atoms with van der Waals surface area (Å²) in [5.74, 6) is -1.74. The predicted molar refractivity (Wildman–Crippen MR) is 96.2 cm³/mol. The topological polar surface area (TPSA) is 102 Å². The number of carboxylic acid groups (broad SMARTS) is 1. The fourth-order valence-electron chi connectivity index (χ4n) is 3.74. The molecule has 2 aromatic carbocycles. The lowest BCUT2D eigenvalue weighted by Gasteiger charge is -2.19. The van der Waals surface area contributed by atoms with E-state index in [-0.39, 0.29) is 17.8 Å². The van der Waals surface area contributed by atoms with Gasteiger partial charge in [-0.15, -0.1) is 0 Å². The average Bonchev–Trinajstić information content (AvgIpc) is 3.23. The van der Waals surface area contributed by atoms with E-state index in [1.54, 1.807) is 6.07 Å². The number of nitrogens with one attached hydrogen (secondary N) is 1. The van der Waals surface area contributed by atoms with Crippen molar-refractivity contribution >= 4 is 16.0 Å². The van der Waals surface area contributed by atoms with Crippen LogP contribution in [0, 0.1) is 5.82 Å². The number of benzene rings is 2. The second-order valence-corrected chi connectivity index (χ2v) is 8.44. The van der Waals surface area contributed by atoms with Gasteiger partial charge in [-0.25, -0.2) is 17.6 Å². The van der Waals surface area contributed by atoms with Gasteiger partial charge in [0.1, 0.15) is 16.8 Å². The summed E-state index contributed by atoms with van der Waals surface area (Å²) in [7, 11) is -4.46. The summed E-state index contributed by atoms with van der Waals surface area (Å²) < 4.78 is 52.0. The Morgan fingerprint density at radius 1 is 1.21 bits per heavy atom. The van der Waals surface area contributed by atoms with Crippen LogP contribution in [0.15, 0.2) is 47.4 Å². The molecule has 2 aliphatic rings. The fourth-order valence-corrected chi connectivity index (χ4v) is 4.88. The van der Waals surface area contributed by atoms with Crippen LogP contribution in [-0.2, 0) is 14.8 Å². The summed E-state index contributed by atoms with van der Waals surface area (Å²) in [5, 5.41) is 9.44. The number of fused-ring (bicyclic) bond motifs is 3. The maximum Gasteiger partial charge on any atom is 0.361 e. The van der Waals surface area contributed by atoms with Gasteiger partial charge in [0.25, 0.3) is 6.23 Å². The number of sulfonamides is 1. The summed E-state index contributed by atoms with van der Waals surface area (Å²) in [6.45, 7) is 0. The second kappa shape index (κ2) is 7.06. The highest BCUT2D eigenvalue weighted by atomic mass is 32.2. The minimum Gasteiger partial charge on any atom is -0.486 e. The number of carbonyl (C=O) groups is 1. The van der Waals surface area contributed by atoms with E-state index in [4.69, 9.17) is 9.47 Å². The number of hydrogen-bond acceptors (Lipinski definition) is 5. The minimum atomic E-state index is -4.46. The van der Waals surface area contributed by atoms with Crippen molar-refractivity contribution in [3.05, 3.63) is 53.8 Å². The molecule has 2 N–H and O–H groups in total. The first-order valence-corrected chi connectivity index (χ1v) is 10.3. The maximum atomic E-state index is 13.8.